The highest BCUT2D eigenvalue weighted by molar-refractivity contribution is 7.82. The van der Waals surface area contributed by atoms with E-state index < -0.39 is 0 Å². The molecule has 0 radical (unpaired) electrons. The van der Waals surface area contributed by atoms with Crippen molar-refractivity contribution in [2.75, 3.05) is 24.5 Å². The summed E-state index contributed by atoms with van der Waals surface area (Å²) in [7, 11) is 0. The number of piperidine rings is 1. The van der Waals surface area contributed by atoms with Crippen molar-refractivity contribution in [3.8, 4) is 0 Å². The maximum absolute atomic E-state index is 12.6. The van der Waals surface area contributed by atoms with Crippen LogP contribution in [0.25, 0.3) is 0 Å². The Morgan fingerprint density at radius 3 is 2.58 bits per heavy atom. The van der Waals surface area contributed by atoms with E-state index in [2.05, 4.69) is 11.0 Å². The Kier molecular flexibility index (Phi) is 3.51. The fourth-order valence-electron chi connectivity index (χ4n) is 2.90. The molecular weight excluding hydrogens is 256 g/mol. The summed E-state index contributed by atoms with van der Waals surface area (Å²) in [4.78, 5) is 17.0. The van der Waals surface area contributed by atoms with Gasteiger partial charge in [-0.3, -0.25) is 4.79 Å². The zero-order chi connectivity index (χ0) is 13.2. The van der Waals surface area contributed by atoms with E-state index >= 15 is 0 Å². The molecule has 19 heavy (non-hydrogen) atoms. The number of para-hydroxylation sites is 1. The summed E-state index contributed by atoms with van der Waals surface area (Å²) < 4.78 is 0. The van der Waals surface area contributed by atoms with Gasteiger partial charge in [-0.15, -0.1) is 0 Å². The Bertz CT molecular complexity index is 509. The molecule has 0 saturated carbocycles. The van der Waals surface area contributed by atoms with Crippen LogP contribution in [0.1, 0.15) is 24.8 Å². The van der Waals surface area contributed by atoms with Crippen LogP contribution in [-0.2, 0) is 11.2 Å². The molecule has 2 aliphatic heterocycles. The summed E-state index contributed by atoms with van der Waals surface area (Å²) in [6.07, 6.45) is 4.47. The largest absolute Gasteiger partial charge is 0.358 e. The van der Waals surface area contributed by atoms with Crippen molar-refractivity contribution in [1.82, 2.24) is 4.90 Å². The monoisotopic (exact) mass is 274 g/mol. The number of fused-ring (bicyclic) bond motifs is 1. The fourth-order valence-corrected chi connectivity index (χ4v) is 3.19. The average molecular weight is 274 g/mol. The van der Waals surface area contributed by atoms with Crippen molar-refractivity contribution in [2.24, 2.45) is 0 Å². The van der Waals surface area contributed by atoms with E-state index in [1.165, 1.54) is 12.0 Å². The first kappa shape index (κ1) is 12.6. The zero-order valence-electron chi connectivity index (χ0n) is 11.0. The molecule has 1 saturated heterocycles. The molecule has 0 aliphatic carbocycles. The lowest BCUT2D eigenvalue weighted by atomic mass is 10.1. The van der Waals surface area contributed by atoms with E-state index in [1.54, 1.807) is 0 Å². The third-order valence-electron chi connectivity index (χ3n) is 3.96. The van der Waals surface area contributed by atoms with Gasteiger partial charge in [0.25, 0.3) is 5.91 Å². The number of carbonyl (C=O) groups excluding carboxylic acids is 1. The molecule has 1 amide bonds. The minimum absolute atomic E-state index is 0.00171. The lowest BCUT2D eigenvalue weighted by molar-refractivity contribution is -0.113. The number of likely N-dealkylation sites (tertiary alicyclic amines) is 1. The van der Waals surface area contributed by atoms with Crippen LogP contribution in [0.4, 0.5) is 5.69 Å². The Balaban J connectivity index is 1.76. The summed E-state index contributed by atoms with van der Waals surface area (Å²) in [6.45, 7) is 2.62. The van der Waals surface area contributed by atoms with Gasteiger partial charge in [-0.25, -0.2) is 0 Å². The van der Waals surface area contributed by atoms with Crippen molar-refractivity contribution in [2.45, 2.75) is 25.7 Å². The summed E-state index contributed by atoms with van der Waals surface area (Å²) in [5, 5.41) is 0. The number of hydrogen-bond donors (Lipinski definition) is 0. The molecule has 4 heteroatoms. The molecular formula is C15H18N2OS. The molecule has 0 spiro atoms. The zero-order valence-corrected chi connectivity index (χ0v) is 11.8. The van der Waals surface area contributed by atoms with E-state index in [0.29, 0.717) is 4.99 Å². The van der Waals surface area contributed by atoms with Gasteiger partial charge in [0, 0.05) is 25.3 Å². The molecule has 100 valence electrons. The topological polar surface area (TPSA) is 23.6 Å². The number of amides is 1. The molecule has 0 unspecified atom stereocenters. The third-order valence-corrected chi connectivity index (χ3v) is 4.39. The summed E-state index contributed by atoms with van der Waals surface area (Å²) in [5.41, 5.74) is 2.28. The van der Waals surface area contributed by atoms with Gasteiger partial charge in [0.15, 0.2) is 4.99 Å². The van der Waals surface area contributed by atoms with Gasteiger partial charge in [0.1, 0.15) is 0 Å². The smallest absolute Gasteiger partial charge is 0.285 e. The summed E-state index contributed by atoms with van der Waals surface area (Å²) in [6, 6.07) is 8.11. The van der Waals surface area contributed by atoms with Crippen LogP contribution in [0, 0.1) is 0 Å². The van der Waals surface area contributed by atoms with Gasteiger partial charge in [-0.05, 0) is 37.3 Å². The first-order chi connectivity index (χ1) is 9.27. The maximum Gasteiger partial charge on any atom is 0.285 e. The van der Waals surface area contributed by atoms with Crippen molar-refractivity contribution in [3.05, 3.63) is 29.8 Å². The number of carbonyl (C=O) groups is 1. The standard InChI is InChI=1S/C15H18N2OS/c18-14(15(19)16-9-4-1-5-10-16)17-11-8-12-6-2-3-7-13(12)17/h2-3,6-7H,1,4-5,8-11H2. The van der Waals surface area contributed by atoms with E-state index in [4.69, 9.17) is 12.2 Å². The molecule has 0 N–H and O–H groups in total. The number of hydrogen-bond acceptors (Lipinski definition) is 2. The summed E-state index contributed by atoms with van der Waals surface area (Å²) in [5.74, 6) is 0.00171. The number of thiocarbonyl (C=S) groups is 1. The third kappa shape index (κ3) is 2.37. The SMILES string of the molecule is O=C(C(=S)N1CCCCC1)N1CCc2ccccc21. The van der Waals surface area contributed by atoms with Crippen LogP contribution in [0.15, 0.2) is 24.3 Å². The van der Waals surface area contributed by atoms with Crippen molar-refractivity contribution >= 4 is 28.8 Å². The normalized spacial score (nSPS) is 18.3. The lowest BCUT2D eigenvalue weighted by Crippen LogP contribution is -2.45. The highest BCUT2D eigenvalue weighted by atomic mass is 32.1. The first-order valence-corrected chi connectivity index (χ1v) is 7.37. The highest BCUT2D eigenvalue weighted by Gasteiger charge is 2.29. The van der Waals surface area contributed by atoms with E-state index in [-0.39, 0.29) is 5.91 Å². The van der Waals surface area contributed by atoms with E-state index in [9.17, 15) is 4.79 Å². The van der Waals surface area contributed by atoms with Gasteiger partial charge in [-0.1, -0.05) is 30.4 Å². The Labute approximate surface area is 119 Å². The van der Waals surface area contributed by atoms with Crippen molar-refractivity contribution < 1.29 is 4.79 Å². The highest BCUT2D eigenvalue weighted by Crippen LogP contribution is 2.28. The minimum Gasteiger partial charge on any atom is -0.358 e. The van der Waals surface area contributed by atoms with Crippen LogP contribution < -0.4 is 4.90 Å². The molecule has 3 nitrogen and oxygen atoms in total. The van der Waals surface area contributed by atoms with Crippen LogP contribution in [0.3, 0.4) is 0 Å². The molecule has 0 aromatic heterocycles. The second-order valence-electron chi connectivity index (χ2n) is 5.19. The predicted octanol–water partition coefficient (Wildman–Crippen LogP) is 2.39. The second kappa shape index (κ2) is 5.29. The van der Waals surface area contributed by atoms with Crippen LogP contribution in [0.2, 0.25) is 0 Å². The van der Waals surface area contributed by atoms with Crippen LogP contribution in [-0.4, -0.2) is 35.4 Å². The molecule has 1 aromatic rings. The fraction of sp³-hybridized carbons (Fsp3) is 0.467. The number of nitrogens with zero attached hydrogens (tertiary/aromatic N) is 2. The van der Waals surface area contributed by atoms with Gasteiger partial charge < -0.3 is 9.80 Å². The van der Waals surface area contributed by atoms with Crippen molar-refractivity contribution in [3.63, 3.8) is 0 Å². The number of benzene rings is 1. The Morgan fingerprint density at radius 2 is 1.79 bits per heavy atom. The molecule has 1 aromatic carbocycles. The maximum atomic E-state index is 12.6. The van der Waals surface area contributed by atoms with Gasteiger partial charge in [0.2, 0.25) is 0 Å². The molecule has 2 heterocycles. The number of anilines is 1. The van der Waals surface area contributed by atoms with Crippen molar-refractivity contribution in [1.29, 1.82) is 0 Å². The molecule has 0 atom stereocenters. The van der Waals surface area contributed by atoms with Gasteiger partial charge in [0.05, 0.1) is 0 Å². The van der Waals surface area contributed by atoms with Gasteiger partial charge >= 0.3 is 0 Å². The number of rotatable bonds is 0. The minimum atomic E-state index is 0.00171. The molecule has 1 fully saturated rings. The van der Waals surface area contributed by atoms with E-state index in [1.807, 2.05) is 23.1 Å². The Morgan fingerprint density at radius 1 is 1.05 bits per heavy atom. The second-order valence-corrected chi connectivity index (χ2v) is 5.58. The lowest BCUT2D eigenvalue weighted by Gasteiger charge is -2.30. The molecule has 2 aliphatic rings. The van der Waals surface area contributed by atoms with E-state index in [0.717, 1.165) is 44.6 Å². The molecule has 0 bridgehead atoms. The Hall–Kier alpha value is -1.42. The van der Waals surface area contributed by atoms with Crippen LogP contribution >= 0.6 is 12.2 Å². The average Bonchev–Trinajstić information content (AvgIpc) is 2.90. The molecule has 3 rings (SSSR count). The first-order valence-electron chi connectivity index (χ1n) is 6.96. The van der Waals surface area contributed by atoms with Gasteiger partial charge in [-0.2, -0.15) is 0 Å². The quantitative estimate of drug-likeness (QED) is 0.679. The predicted molar refractivity (Wildman–Crippen MR) is 80.5 cm³/mol. The van der Waals surface area contributed by atoms with Crippen LogP contribution in [0.5, 0.6) is 0 Å². The summed E-state index contributed by atoms with van der Waals surface area (Å²) >= 11 is 5.40.